The van der Waals surface area contributed by atoms with Gasteiger partial charge in [-0.1, -0.05) is 54.2 Å². The average molecular weight is 445 g/mol. The molecule has 0 radical (unpaired) electrons. The minimum absolute atomic E-state index is 0.0101. The Morgan fingerprint density at radius 3 is 2.75 bits per heavy atom. The zero-order valence-corrected chi connectivity index (χ0v) is 18.3. The second-order valence-electron chi connectivity index (χ2n) is 7.71. The number of Topliss-reactive ketones (excluding diaryl/α,β-unsaturated/α-hetero) is 1. The highest BCUT2D eigenvalue weighted by Crippen LogP contribution is 2.44. The van der Waals surface area contributed by atoms with Crippen LogP contribution in [0.1, 0.15) is 40.2 Å². The van der Waals surface area contributed by atoms with Gasteiger partial charge in [-0.05, 0) is 48.7 Å². The minimum Gasteiger partial charge on any atom is -0.503 e. The molecular formula is C25H20N2O4S. The molecule has 32 heavy (non-hydrogen) atoms. The largest absolute Gasteiger partial charge is 0.503 e. The lowest BCUT2D eigenvalue weighted by atomic mass is 9.94. The Hall–Kier alpha value is -3.71. The number of aromatic nitrogens is 1. The third-order valence-corrected chi connectivity index (χ3v) is 6.63. The first kappa shape index (κ1) is 20.2. The first-order chi connectivity index (χ1) is 15.5. The molecule has 0 fully saturated rings. The lowest BCUT2D eigenvalue weighted by molar-refractivity contribution is -0.117. The van der Waals surface area contributed by atoms with Crippen molar-refractivity contribution >= 4 is 38.4 Å². The third kappa shape index (κ3) is 3.22. The Morgan fingerprint density at radius 1 is 1.19 bits per heavy atom. The van der Waals surface area contributed by atoms with E-state index in [2.05, 4.69) is 18.0 Å². The van der Waals surface area contributed by atoms with Gasteiger partial charge in [-0.3, -0.25) is 14.5 Å². The summed E-state index contributed by atoms with van der Waals surface area (Å²) in [5.41, 5.74) is 3.62. The molecule has 160 valence electrons. The van der Waals surface area contributed by atoms with Crippen molar-refractivity contribution in [1.29, 1.82) is 0 Å². The fourth-order valence-corrected chi connectivity index (χ4v) is 5.07. The number of nitrogens with zero attached hydrogens (tertiary/aromatic N) is 2. The van der Waals surface area contributed by atoms with Crippen molar-refractivity contribution in [3.8, 4) is 0 Å². The van der Waals surface area contributed by atoms with Crippen molar-refractivity contribution in [2.45, 2.75) is 26.3 Å². The van der Waals surface area contributed by atoms with E-state index in [1.165, 1.54) is 34.1 Å². The number of hydrogen-bond donors (Lipinski definition) is 1. The number of amides is 1. The van der Waals surface area contributed by atoms with Gasteiger partial charge in [0.05, 0.1) is 28.1 Å². The summed E-state index contributed by atoms with van der Waals surface area (Å²) in [6.07, 6.45) is 2.28. The maximum Gasteiger partial charge on any atom is 0.296 e. The Labute approximate surface area is 188 Å². The lowest BCUT2D eigenvalue weighted by Gasteiger charge is -2.24. The third-order valence-electron chi connectivity index (χ3n) is 5.61. The number of anilines is 1. The van der Waals surface area contributed by atoms with Gasteiger partial charge in [0.2, 0.25) is 5.78 Å². The van der Waals surface area contributed by atoms with E-state index in [9.17, 15) is 14.7 Å². The Kier molecular flexibility index (Phi) is 4.90. The summed E-state index contributed by atoms with van der Waals surface area (Å²) in [4.78, 5) is 32.6. The van der Waals surface area contributed by atoms with Crippen molar-refractivity contribution in [3.63, 3.8) is 0 Å². The van der Waals surface area contributed by atoms with Gasteiger partial charge in [0.15, 0.2) is 16.7 Å². The number of aryl methyl sites for hydroxylation is 2. The van der Waals surface area contributed by atoms with Crippen LogP contribution >= 0.6 is 11.3 Å². The normalized spacial score (nSPS) is 16.4. The topological polar surface area (TPSA) is 83.6 Å². The van der Waals surface area contributed by atoms with E-state index in [1.54, 1.807) is 6.07 Å². The number of aliphatic hydroxyl groups excluding tert-OH is 1. The number of benzene rings is 2. The Balaban J connectivity index is 1.68. The number of rotatable bonds is 5. The van der Waals surface area contributed by atoms with Crippen LogP contribution in [0.25, 0.3) is 10.2 Å². The first-order valence-electron chi connectivity index (χ1n) is 10.3. The molecule has 1 N–H and O–H groups in total. The summed E-state index contributed by atoms with van der Waals surface area (Å²) in [7, 11) is 0. The van der Waals surface area contributed by atoms with E-state index >= 15 is 0 Å². The molecule has 1 aliphatic rings. The van der Waals surface area contributed by atoms with E-state index in [0.29, 0.717) is 10.7 Å². The SMILES string of the molecule is CCc1ccc2nc(N3C(=O)C(O)=C(C(=O)c4ccco4)C3c3cccc(C)c3)sc2c1. The van der Waals surface area contributed by atoms with Gasteiger partial charge in [-0.2, -0.15) is 0 Å². The standard InChI is InChI=1S/C25H20N2O4S/c1-3-15-9-10-17-19(13-15)32-25(26-17)27-21(16-7-4-6-14(2)12-16)20(23(29)24(27)30)22(28)18-8-5-11-31-18/h4-13,21,29H,3H2,1-2H3. The minimum atomic E-state index is -0.814. The molecule has 1 aliphatic heterocycles. The summed E-state index contributed by atoms with van der Waals surface area (Å²) in [5, 5.41) is 11.2. The second kappa shape index (κ2) is 7.76. The number of carbonyl (C=O) groups is 2. The van der Waals surface area contributed by atoms with Gasteiger partial charge in [0, 0.05) is 0 Å². The number of fused-ring (bicyclic) bond motifs is 1. The molecule has 2 aromatic heterocycles. The lowest BCUT2D eigenvalue weighted by Crippen LogP contribution is -2.31. The van der Waals surface area contributed by atoms with Crippen LogP contribution in [0.3, 0.4) is 0 Å². The molecule has 4 aromatic rings. The molecule has 0 aliphatic carbocycles. The van der Waals surface area contributed by atoms with Crippen molar-refractivity contribution < 1.29 is 19.1 Å². The van der Waals surface area contributed by atoms with E-state index in [4.69, 9.17) is 4.42 Å². The summed E-state index contributed by atoms with van der Waals surface area (Å²) >= 11 is 1.37. The van der Waals surface area contributed by atoms with E-state index in [0.717, 1.165) is 22.2 Å². The molecule has 5 rings (SSSR count). The fourth-order valence-electron chi connectivity index (χ4n) is 4.01. The number of furan rings is 1. The molecule has 2 aromatic carbocycles. The molecule has 1 unspecified atom stereocenters. The van der Waals surface area contributed by atoms with Gasteiger partial charge >= 0.3 is 0 Å². The van der Waals surface area contributed by atoms with Gasteiger partial charge in [0.1, 0.15) is 0 Å². The molecule has 0 saturated heterocycles. The maximum absolute atomic E-state index is 13.3. The van der Waals surface area contributed by atoms with Gasteiger partial charge in [0.25, 0.3) is 5.91 Å². The van der Waals surface area contributed by atoms with Gasteiger partial charge in [-0.25, -0.2) is 4.98 Å². The van der Waals surface area contributed by atoms with Crippen LogP contribution < -0.4 is 4.90 Å². The van der Waals surface area contributed by atoms with Crippen LogP contribution in [0, 0.1) is 6.92 Å². The van der Waals surface area contributed by atoms with Crippen molar-refractivity contribution in [1.82, 2.24) is 4.98 Å². The summed E-state index contributed by atoms with van der Waals surface area (Å²) in [5.74, 6) is -1.69. The zero-order valence-electron chi connectivity index (χ0n) is 17.5. The molecule has 1 atom stereocenters. The smallest absolute Gasteiger partial charge is 0.296 e. The van der Waals surface area contributed by atoms with Crippen LogP contribution in [-0.2, 0) is 11.2 Å². The highest BCUT2D eigenvalue weighted by Gasteiger charge is 2.46. The molecule has 0 bridgehead atoms. The Bertz CT molecular complexity index is 1380. The molecule has 6 nitrogen and oxygen atoms in total. The molecule has 0 saturated carbocycles. The van der Waals surface area contributed by atoms with Crippen LogP contribution in [0.5, 0.6) is 0 Å². The predicted octanol–water partition coefficient (Wildman–Crippen LogP) is 5.54. The first-order valence-corrected chi connectivity index (χ1v) is 11.1. The molecule has 0 spiro atoms. The molecule has 3 heterocycles. The zero-order chi connectivity index (χ0) is 22.4. The van der Waals surface area contributed by atoms with E-state index in [1.807, 2.05) is 43.3 Å². The number of aliphatic hydroxyl groups is 1. The number of carbonyl (C=O) groups excluding carboxylic acids is 2. The molecule has 7 heteroatoms. The van der Waals surface area contributed by atoms with E-state index in [-0.39, 0.29) is 11.3 Å². The number of thiazole rings is 1. The van der Waals surface area contributed by atoms with Crippen LogP contribution in [0.15, 0.2) is 76.6 Å². The monoisotopic (exact) mass is 444 g/mol. The van der Waals surface area contributed by atoms with Crippen LogP contribution in [0.2, 0.25) is 0 Å². The quantitative estimate of drug-likeness (QED) is 0.409. The second-order valence-corrected chi connectivity index (χ2v) is 8.72. The maximum atomic E-state index is 13.3. The van der Waals surface area contributed by atoms with Crippen molar-refractivity contribution in [2.24, 2.45) is 0 Å². The number of ketones is 1. The van der Waals surface area contributed by atoms with Crippen molar-refractivity contribution in [3.05, 3.63) is 94.6 Å². The average Bonchev–Trinajstić information content (AvgIpc) is 3.51. The predicted molar refractivity (Wildman–Crippen MR) is 123 cm³/mol. The highest BCUT2D eigenvalue weighted by atomic mass is 32.1. The summed E-state index contributed by atoms with van der Waals surface area (Å²) < 4.78 is 6.22. The fraction of sp³-hybridized carbons (Fsp3) is 0.160. The van der Waals surface area contributed by atoms with Crippen LogP contribution in [-0.4, -0.2) is 21.8 Å². The van der Waals surface area contributed by atoms with Crippen LogP contribution in [0.4, 0.5) is 5.13 Å². The highest BCUT2D eigenvalue weighted by molar-refractivity contribution is 7.22. The van der Waals surface area contributed by atoms with Gasteiger partial charge < -0.3 is 9.52 Å². The molecule has 1 amide bonds. The van der Waals surface area contributed by atoms with E-state index < -0.39 is 23.5 Å². The number of hydrogen-bond acceptors (Lipinski definition) is 6. The summed E-state index contributed by atoms with van der Waals surface area (Å²) in [6, 6.07) is 15.8. The molecular weight excluding hydrogens is 424 g/mol. The van der Waals surface area contributed by atoms with Gasteiger partial charge in [-0.15, -0.1) is 0 Å². The summed E-state index contributed by atoms with van der Waals surface area (Å²) in [6.45, 7) is 4.02. The Morgan fingerprint density at radius 2 is 2.03 bits per heavy atom. The van der Waals surface area contributed by atoms with Crippen molar-refractivity contribution in [2.75, 3.05) is 4.90 Å².